The third-order valence-electron chi connectivity index (χ3n) is 2.99. The molecule has 0 fully saturated rings. The number of thiazole rings is 1. The molecule has 1 aromatic rings. The Morgan fingerprint density at radius 3 is 2.61 bits per heavy atom. The Morgan fingerprint density at radius 1 is 1.22 bits per heavy atom. The highest BCUT2D eigenvalue weighted by Crippen LogP contribution is 2.26. The summed E-state index contributed by atoms with van der Waals surface area (Å²) in [5.74, 6) is 0. The lowest BCUT2D eigenvalue weighted by molar-refractivity contribution is 0.676. The Kier molecular flexibility index (Phi) is 7.28. The van der Waals surface area contributed by atoms with Crippen molar-refractivity contribution in [1.82, 2.24) is 10.3 Å². The van der Waals surface area contributed by atoms with E-state index in [0.717, 1.165) is 26.1 Å². The summed E-state index contributed by atoms with van der Waals surface area (Å²) in [6, 6.07) is 0. The van der Waals surface area contributed by atoms with E-state index in [1.807, 2.05) is 11.3 Å². The van der Waals surface area contributed by atoms with Crippen LogP contribution in [0.25, 0.3) is 0 Å². The number of nitrogens with one attached hydrogen (secondary N) is 1. The maximum absolute atomic E-state index is 4.76. The van der Waals surface area contributed by atoms with Gasteiger partial charge in [-0.05, 0) is 25.8 Å². The number of aromatic nitrogens is 1. The van der Waals surface area contributed by atoms with Gasteiger partial charge in [0.2, 0.25) is 0 Å². The Morgan fingerprint density at radius 2 is 2.00 bits per heavy atom. The molecule has 0 atom stereocenters. The van der Waals surface area contributed by atoms with Gasteiger partial charge >= 0.3 is 0 Å². The third kappa shape index (κ3) is 4.58. The van der Waals surface area contributed by atoms with Crippen LogP contribution in [0.4, 0.5) is 5.13 Å². The van der Waals surface area contributed by atoms with Gasteiger partial charge in [0.1, 0.15) is 0 Å². The minimum Gasteiger partial charge on any atom is -0.351 e. The molecular formula is C14H27N3S. The Balaban J connectivity index is 2.64. The van der Waals surface area contributed by atoms with E-state index in [-0.39, 0.29) is 0 Å². The first-order valence-electron chi connectivity index (χ1n) is 7.13. The van der Waals surface area contributed by atoms with Crippen LogP contribution in [0.2, 0.25) is 0 Å². The molecule has 0 aromatic carbocycles. The number of anilines is 1. The van der Waals surface area contributed by atoms with Crippen LogP contribution in [0.1, 0.15) is 50.6 Å². The molecule has 4 heteroatoms. The maximum atomic E-state index is 4.76. The van der Waals surface area contributed by atoms with Crippen LogP contribution < -0.4 is 10.2 Å². The summed E-state index contributed by atoms with van der Waals surface area (Å²) in [7, 11) is 2.15. The van der Waals surface area contributed by atoms with Crippen LogP contribution in [0.15, 0.2) is 0 Å². The molecule has 0 saturated carbocycles. The molecule has 1 heterocycles. The zero-order valence-corrected chi connectivity index (χ0v) is 13.1. The molecule has 3 nitrogen and oxygen atoms in total. The molecule has 0 radical (unpaired) electrons. The van der Waals surface area contributed by atoms with Crippen LogP contribution in [-0.4, -0.2) is 25.1 Å². The fourth-order valence-corrected chi connectivity index (χ4v) is 2.92. The van der Waals surface area contributed by atoms with Gasteiger partial charge in [-0.15, -0.1) is 11.3 Å². The zero-order valence-electron chi connectivity index (χ0n) is 12.3. The van der Waals surface area contributed by atoms with Gasteiger partial charge in [0, 0.05) is 25.0 Å². The molecule has 0 spiro atoms. The standard InChI is InChI=1S/C14H27N3S/c1-5-8-10-17(4)14-16-12(7-3)13(18-14)11-15-9-6-2/h15H,5-11H2,1-4H3. The van der Waals surface area contributed by atoms with Crippen LogP contribution in [-0.2, 0) is 13.0 Å². The monoisotopic (exact) mass is 269 g/mol. The smallest absolute Gasteiger partial charge is 0.185 e. The van der Waals surface area contributed by atoms with Crippen molar-refractivity contribution >= 4 is 16.5 Å². The lowest BCUT2D eigenvalue weighted by Gasteiger charge is -2.14. The molecule has 18 heavy (non-hydrogen) atoms. The van der Waals surface area contributed by atoms with E-state index >= 15 is 0 Å². The number of hydrogen-bond acceptors (Lipinski definition) is 4. The highest BCUT2D eigenvalue weighted by molar-refractivity contribution is 7.15. The Bertz CT molecular complexity index is 336. The molecule has 1 rings (SSSR count). The van der Waals surface area contributed by atoms with Crippen molar-refractivity contribution in [3.05, 3.63) is 10.6 Å². The molecular weight excluding hydrogens is 242 g/mol. The van der Waals surface area contributed by atoms with Gasteiger partial charge in [-0.25, -0.2) is 4.98 Å². The van der Waals surface area contributed by atoms with E-state index in [0.29, 0.717) is 0 Å². The van der Waals surface area contributed by atoms with Gasteiger partial charge in [-0.1, -0.05) is 27.2 Å². The van der Waals surface area contributed by atoms with Crippen molar-refractivity contribution in [2.75, 3.05) is 25.0 Å². The van der Waals surface area contributed by atoms with Crippen molar-refractivity contribution in [1.29, 1.82) is 0 Å². The van der Waals surface area contributed by atoms with Crippen LogP contribution >= 0.6 is 11.3 Å². The summed E-state index contributed by atoms with van der Waals surface area (Å²) < 4.78 is 0. The van der Waals surface area contributed by atoms with E-state index in [4.69, 9.17) is 4.98 Å². The van der Waals surface area contributed by atoms with Gasteiger partial charge in [0.05, 0.1) is 5.69 Å². The fourth-order valence-electron chi connectivity index (χ4n) is 1.82. The Labute approximate surface area is 116 Å². The number of unbranched alkanes of at least 4 members (excludes halogenated alkanes) is 1. The molecule has 104 valence electrons. The van der Waals surface area contributed by atoms with Crippen molar-refractivity contribution in [3.8, 4) is 0 Å². The van der Waals surface area contributed by atoms with E-state index in [1.165, 1.54) is 35.0 Å². The average Bonchev–Trinajstić information content (AvgIpc) is 2.79. The first-order chi connectivity index (χ1) is 8.72. The van der Waals surface area contributed by atoms with Gasteiger partial charge in [0.25, 0.3) is 0 Å². The molecule has 1 aromatic heterocycles. The molecule has 0 amide bonds. The minimum atomic E-state index is 0.969. The second-order valence-electron chi connectivity index (χ2n) is 4.67. The first kappa shape index (κ1) is 15.4. The number of rotatable bonds is 9. The quantitative estimate of drug-likeness (QED) is 0.696. The summed E-state index contributed by atoms with van der Waals surface area (Å²) >= 11 is 1.85. The maximum Gasteiger partial charge on any atom is 0.185 e. The van der Waals surface area contributed by atoms with Crippen LogP contribution in [0, 0.1) is 0 Å². The average molecular weight is 269 g/mol. The van der Waals surface area contributed by atoms with Crippen LogP contribution in [0.3, 0.4) is 0 Å². The largest absolute Gasteiger partial charge is 0.351 e. The summed E-state index contributed by atoms with van der Waals surface area (Å²) in [6.07, 6.45) is 4.69. The molecule has 0 unspecified atom stereocenters. The van der Waals surface area contributed by atoms with E-state index < -0.39 is 0 Å². The van der Waals surface area contributed by atoms with Crippen LogP contribution in [0.5, 0.6) is 0 Å². The summed E-state index contributed by atoms with van der Waals surface area (Å²) in [6.45, 7) is 9.78. The lowest BCUT2D eigenvalue weighted by atomic mass is 10.3. The molecule has 0 aliphatic heterocycles. The minimum absolute atomic E-state index is 0.969. The van der Waals surface area contributed by atoms with Gasteiger partial charge < -0.3 is 10.2 Å². The summed E-state index contributed by atoms with van der Waals surface area (Å²) in [5, 5.41) is 4.65. The predicted molar refractivity (Wildman–Crippen MR) is 81.7 cm³/mol. The van der Waals surface area contributed by atoms with Crippen molar-refractivity contribution in [3.63, 3.8) is 0 Å². The normalized spacial score (nSPS) is 10.9. The topological polar surface area (TPSA) is 28.2 Å². The van der Waals surface area contributed by atoms with E-state index in [1.54, 1.807) is 0 Å². The Hall–Kier alpha value is -0.610. The number of aryl methyl sites for hydroxylation is 1. The molecule has 0 bridgehead atoms. The van der Waals surface area contributed by atoms with Gasteiger partial charge in [-0.2, -0.15) is 0 Å². The first-order valence-corrected chi connectivity index (χ1v) is 7.94. The highest BCUT2D eigenvalue weighted by Gasteiger charge is 2.12. The molecule has 1 N–H and O–H groups in total. The van der Waals surface area contributed by atoms with E-state index in [2.05, 4.69) is 38.0 Å². The second kappa shape index (κ2) is 8.48. The van der Waals surface area contributed by atoms with Crippen molar-refractivity contribution < 1.29 is 0 Å². The second-order valence-corrected chi connectivity index (χ2v) is 5.73. The van der Waals surface area contributed by atoms with Gasteiger partial charge in [0.15, 0.2) is 5.13 Å². The summed E-state index contributed by atoms with van der Waals surface area (Å²) in [5.41, 5.74) is 1.27. The molecule has 0 aliphatic rings. The van der Waals surface area contributed by atoms with E-state index in [9.17, 15) is 0 Å². The number of nitrogens with zero attached hydrogens (tertiary/aromatic N) is 2. The molecule has 0 aliphatic carbocycles. The van der Waals surface area contributed by atoms with Gasteiger partial charge in [-0.3, -0.25) is 0 Å². The highest BCUT2D eigenvalue weighted by atomic mass is 32.1. The number of hydrogen-bond donors (Lipinski definition) is 1. The van der Waals surface area contributed by atoms with Crippen molar-refractivity contribution in [2.45, 2.75) is 53.0 Å². The molecule has 0 saturated heterocycles. The lowest BCUT2D eigenvalue weighted by Crippen LogP contribution is -2.17. The third-order valence-corrected chi connectivity index (χ3v) is 4.20. The fraction of sp³-hybridized carbons (Fsp3) is 0.786. The van der Waals surface area contributed by atoms with Crippen molar-refractivity contribution in [2.24, 2.45) is 0 Å². The summed E-state index contributed by atoms with van der Waals surface area (Å²) in [4.78, 5) is 8.46. The zero-order chi connectivity index (χ0) is 13.4. The predicted octanol–water partition coefficient (Wildman–Crippen LogP) is 3.44. The SMILES string of the molecule is CCCCN(C)c1nc(CC)c(CNCCC)s1.